The Bertz CT molecular complexity index is 618. The van der Waals surface area contributed by atoms with Crippen LogP contribution in [0.1, 0.15) is 37.3 Å². The van der Waals surface area contributed by atoms with Crippen LogP contribution in [0.5, 0.6) is 0 Å². The van der Waals surface area contributed by atoms with Gasteiger partial charge in [0.05, 0.1) is 17.9 Å². The number of hydrogen-bond acceptors (Lipinski definition) is 6. The van der Waals surface area contributed by atoms with E-state index < -0.39 is 0 Å². The predicted octanol–water partition coefficient (Wildman–Crippen LogP) is 1.40. The van der Waals surface area contributed by atoms with Crippen molar-refractivity contribution >= 4 is 5.91 Å². The Hall–Kier alpha value is -1.44. The van der Waals surface area contributed by atoms with Gasteiger partial charge in [-0.15, -0.1) is 0 Å². The highest BCUT2D eigenvalue weighted by Gasteiger charge is 2.36. The van der Waals surface area contributed by atoms with Crippen molar-refractivity contribution in [2.45, 2.75) is 52.7 Å². The first-order chi connectivity index (χ1) is 12.9. The number of hydrogen-bond donors (Lipinski definition) is 1. The average molecular weight is 380 g/mol. The number of nitrogens with zero attached hydrogens (tertiary/aromatic N) is 3. The molecule has 0 aromatic carbocycles. The molecule has 1 N–H and O–H groups in total. The zero-order chi connectivity index (χ0) is 19.6. The molecule has 4 atom stereocenters. The quantitative estimate of drug-likeness (QED) is 0.805. The molecule has 0 aliphatic carbocycles. The standard InChI is InChI=1S/C20H33N3O4/c1-13-7-22(8-14(2)26-13)9-17-10-23(11-18(17)12-24)20(25)6-5-19-15(3)21-27-16(19)4/h13-14,17-18,24H,5-12H2,1-4H3/t13-,14+,17-,18-/m1/s1. The van der Waals surface area contributed by atoms with E-state index in [2.05, 4.69) is 23.9 Å². The SMILES string of the molecule is Cc1noc(C)c1CCC(=O)N1C[C@@H](CN2C[C@@H](C)O[C@@H](C)C2)[C@@H](CO)C1. The molecule has 7 nitrogen and oxygen atoms in total. The summed E-state index contributed by atoms with van der Waals surface area (Å²) in [4.78, 5) is 17.1. The summed E-state index contributed by atoms with van der Waals surface area (Å²) >= 11 is 0. The molecule has 0 saturated carbocycles. The summed E-state index contributed by atoms with van der Waals surface area (Å²) in [6.45, 7) is 12.3. The number of carbonyl (C=O) groups is 1. The van der Waals surface area contributed by atoms with Crippen LogP contribution in [0, 0.1) is 25.7 Å². The Morgan fingerprint density at radius 2 is 1.81 bits per heavy atom. The van der Waals surface area contributed by atoms with Crippen molar-refractivity contribution in [3.05, 3.63) is 17.0 Å². The molecule has 0 radical (unpaired) electrons. The highest BCUT2D eigenvalue weighted by atomic mass is 16.5. The highest BCUT2D eigenvalue weighted by Crippen LogP contribution is 2.26. The van der Waals surface area contributed by atoms with E-state index in [1.807, 2.05) is 18.7 Å². The largest absolute Gasteiger partial charge is 0.396 e. The van der Waals surface area contributed by atoms with Gasteiger partial charge in [-0.25, -0.2) is 0 Å². The molecular weight excluding hydrogens is 346 g/mol. The van der Waals surface area contributed by atoms with Gasteiger partial charge in [-0.2, -0.15) is 0 Å². The normalized spacial score (nSPS) is 29.4. The summed E-state index contributed by atoms with van der Waals surface area (Å²) in [6, 6.07) is 0. The second kappa shape index (κ2) is 8.71. The minimum absolute atomic E-state index is 0.133. The van der Waals surface area contributed by atoms with Gasteiger partial charge in [-0.1, -0.05) is 5.16 Å². The van der Waals surface area contributed by atoms with Crippen LogP contribution in [-0.4, -0.2) is 77.5 Å². The van der Waals surface area contributed by atoms with Gasteiger partial charge in [0.15, 0.2) is 0 Å². The first kappa shape index (κ1) is 20.3. The second-order valence-electron chi connectivity index (χ2n) is 8.28. The number of carbonyl (C=O) groups excluding carboxylic acids is 1. The summed E-state index contributed by atoms with van der Waals surface area (Å²) in [7, 11) is 0. The summed E-state index contributed by atoms with van der Waals surface area (Å²) in [5.41, 5.74) is 1.90. The van der Waals surface area contributed by atoms with E-state index in [9.17, 15) is 9.90 Å². The zero-order valence-electron chi connectivity index (χ0n) is 17.0. The molecule has 3 heterocycles. The smallest absolute Gasteiger partial charge is 0.222 e. The molecule has 2 fully saturated rings. The number of amides is 1. The molecule has 1 aromatic heterocycles. The van der Waals surface area contributed by atoms with Crippen LogP contribution in [0.25, 0.3) is 0 Å². The van der Waals surface area contributed by atoms with Gasteiger partial charge in [-0.05, 0) is 40.0 Å². The lowest BCUT2D eigenvalue weighted by atomic mass is 9.96. The maximum atomic E-state index is 12.7. The number of aromatic nitrogens is 1. The van der Waals surface area contributed by atoms with Gasteiger partial charge >= 0.3 is 0 Å². The summed E-state index contributed by atoms with van der Waals surface area (Å²) in [6.07, 6.45) is 1.58. The maximum absolute atomic E-state index is 12.7. The van der Waals surface area contributed by atoms with Crippen LogP contribution < -0.4 is 0 Å². The van der Waals surface area contributed by atoms with Gasteiger partial charge in [0, 0.05) is 57.2 Å². The Morgan fingerprint density at radius 3 is 2.41 bits per heavy atom. The molecule has 1 amide bonds. The minimum atomic E-state index is 0.133. The minimum Gasteiger partial charge on any atom is -0.396 e. The van der Waals surface area contributed by atoms with Crippen molar-refractivity contribution in [2.24, 2.45) is 11.8 Å². The molecule has 0 unspecified atom stereocenters. The van der Waals surface area contributed by atoms with Gasteiger partial charge in [-0.3, -0.25) is 9.69 Å². The van der Waals surface area contributed by atoms with E-state index in [0.717, 1.165) is 43.2 Å². The molecule has 2 saturated heterocycles. The Labute approximate surface area is 161 Å². The number of ether oxygens (including phenoxy) is 1. The van der Waals surface area contributed by atoms with E-state index in [0.29, 0.717) is 25.3 Å². The number of aryl methyl sites for hydroxylation is 2. The lowest BCUT2D eigenvalue weighted by molar-refractivity contribution is -0.130. The molecular formula is C20H33N3O4. The Morgan fingerprint density at radius 1 is 1.15 bits per heavy atom. The summed E-state index contributed by atoms with van der Waals surface area (Å²) < 4.78 is 11.0. The fraction of sp³-hybridized carbons (Fsp3) is 0.800. The maximum Gasteiger partial charge on any atom is 0.222 e. The van der Waals surface area contributed by atoms with Crippen molar-refractivity contribution in [3.8, 4) is 0 Å². The number of morpholine rings is 1. The van der Waals surface area contributed by atoms with Crippen LogP contribution in [0.15, 0.2) is 4.52 Å². The molecule has 0 spiro atoms. The van der Waals surface area contributed by atoms with E-state index in [1.165, 1.54) is 0 Å². The third kappa shape index (κ3) is 4.89. The Kier molecular flexibility index (Phi) is 6.55. The summed E-state index contributed by atoms with van der Waals surface area (Å²) in [5, 5.41) is 13.8. The molecule has 27 heavy (non-hydrogen) atoms. The number of rotatable bonds is 6. The van der Waals surface area contributed by atoms with Crippen LogP contribution in [0.3, 0.4) is 0 Å². The van der Waals surface area contributed by atoms with Gasteiger partial charge < -0.3 is 19.3 Å². The molecule has 7 heteroatoms. The third-order valence-electron chi connectivity index (χ3n) is 5.92. The van der Waals surface area contributed by atoms with Gasteiger partial charge in [0.2, 0.25) is 5.91 Å². The van der Waals surface area contributed by atoms with Crippen LogP contribution in [0.2, 0.25) is 0 Å². The van der Waals surface area contributed by atoms with Gasteiger partial charge in [0.25, 0.3) is 0 Å². The topological polar surface area (TPSA) is 79.0 Å². The molecule has 152 valence electrons. The number of aliphatic hydroxyl groups is 1. The van der Waals surface area contributed by atoms with Crippen LogP contribution in [-0.2, 0) is 16.0 Å². The van der Waals surface area contributed by atoms with Crippen molar-refractivity contribution in [2.75, 3.05) is 39.3 Å². The van der Waals surface area contributed by atoms with E-state index in [1.54, 1.807) is 0 Å². The van der Waals surface area contributed by atoms with E-state index in [-0.39, 0.29) is 30.6 Å². The first-order valence-corrected chi connectivity index (χ1v) is 10.1. The molecule has 3 rings (SSSR count). The highest BCUT2D eigenvalue weighted by molar-refractivity contribution is 5.76. The van der Waals surface area contributed by atoms with Crippen molar-refractivity contribution in [1.29, 1.82) is 0 Å². The average Bonchev–Trinajstić information content (AvgIpc) is 3.15. The molecule has 0 bridgehead atoms. The van der Waals surface area contributed by atoms with Crippen molar-refractivity contribution in [1.82, 2.24) is 15.0 Å². The van der Waals surface area contributed by atoms with Crippen molar-refractivity contribution in [3.63, 3.8) is 0 Å². The molecule has 2 aliphatic rings. The lowest BCUT2D eigenvalue weighted by Gasteiger charge is -2.37. The predicted molar refractivity (Wildman–Crippen MR) is 101 cm³/mol. The van der Waals surface area contributed by atoms with Crippen molar-refractivity contribution < 1.29 is 19.2 Å². The second-order valence-corrected chi connectivity index (χ2v) is 8.28. The fourth-order valence-corrected chi connectivity index (χ4v) is 4.57. The first-order valence-electron chi connectivity index (χ1n) is 10.1. The third-order valence-corrected chi connectivity index (χ3v) is 5.92. The monoisotopic (exact) mass is 379 g/mol. The molecule has 1 aromatic rings. The number of likely N-dealkylation sites (tertiary alicyclic amines) is 1. The fourth-order valence-electron chi connectivity index (χ4n) is 4.57. The Balaban J connectivity index is 1.54. The lowest BCUT2D eigenvalue weighted by Crippen LogP contribution is -2.48. The number of aliphatic hydroxyl groups excluding tert-OH is 1. The summed E-state index contributed by atoms with van der Waals surface area (Å²) in [5.74, 6) is 1.42. The molecule has 2 aliphatic heterocycles. The van der Waals surface area contributed by atoms with E-state index in [4.69, 9.17) is 9.26 Å². The van der Waals surface area contributed by atoms with E-state index >= 15 is 0 Å². The van der Waals surface area contributed by atoms with Crippen LogP contribution in [0.4, 0.5) is 0 Å². The van der Waals surface area contributed by atoms with Gasteiger partial charge in [0.1, 0.15) is 5.76 Å². The van der Waals surface area contributed by atoms with Crippen LogP contribution >= 0.6 is 0 Å². The zero-order valence-corrected chi connectivity index (χ0v) is 17.0.